The maximum atomic E-state index is 13.0. The molecule has 0 unspecified atom stereocenters. The highest BCUT2D eigenvalue weighted by Gasteiger charge is 2.16. The molecular weight excluding hydrogens is 472 g/mol. The summed E-state index contributed by atoms with van der Waals surface area (Å²) < 4.78 is 11.8. The summed E-state index contributed by atoms with van der Waals surface area (Å²) in [5, 5.41) is 14.6. The van der Waals surface area contributed by atoms with Crippen molar-refractivity contribution in [2.24, 2.45) is 0 Å². The second kappa shape index (κ2) is 8.01. The van der Waals surface area contributed by atoms with Gasteiger partial charge in [0.25, 0.3) is 5.91 Å². The molecule has 4 aromatic carbocycles. The minimum Gasteiger partial charge on any atom is -0.507 e. The number of ether oxygens (including phenoxy) is 1. The van der Waals surface area contributed by atoms with Gasteiger partial charge in [-0.1, -0.05) is 24.3 Å². The van der Waals surface area contributed by atoms with Crippen molar-refractivity contribution in [2.45, 2.75) is 0 Å². The van der Waals surface area contributed by atoms with Crippen LogP contribution >= 0.6 is 15.9 Å². The Hall–Kier alpha value is -3.84. The fraction of sp³-hybridized carbons (Fsp3) is 0.0400. The average Bonchev–Trinajstić information content (AvgIpc) is 3.23. The number of phenolic OH excluding ortho intramolecular Hbond substituents is 1. The van der Waals surface area contributed by atoms with Gasteiger partial charge in [0.2, 0.25) is 5.89 Å². The van der Waals surface area contributed by atoms with Crippen LogP contribution in [-0.2, 0) is 0 Å². The molecule has 0 saturated heterocycles. The lowest BCUT2D eigenvalue weighted by Gasteiger charge is -2.11. The molecule has 0 aliphatic rings. The highest BCUT2D eigenvalue weighted by molar-refractivity contribution is 9.10. The van der Waals surface area contributed by atoms with Crippen molar-refractivity contribution in [3.8, 4) is 23.0 Å². The van der Waals surface area contributed by atoms with E-state index in [1.165, 1.54) is 0 Å². The number of fused-ring (bicyclic) bond motifs is 2. The molecule has 158 valence electrons. The summed E-state index contributed by atoms with van der Waals surface area (Å²) in [4.78, 5) is 17.5. The van der Waals surface area contributed by atoms with E-state index in [4.69, 9.17) is 9.15 Å². The Kier molecular flexibility index (Phi) is 5.03. The number of carbonyl (C=O) groups is 1. The maximum Gasteiger partial charge on any atom is 0.259 e. The minimum absolute atomic E-state index is 0.138. The van der Waals surface area contributed by atoms with Gasteiger partial charge < -0.3 is 19.6 Å². The lowest BCUT2D eigenvalue weighted by molar-refractivity contribution is 0.102. The number of halogens is 1. The number of aromatic nitrogens is 1. The van der Waals surface area contributed by atoms with Crippen LogP contribution in [0.1, 0.15) is 10.4 Å². The molecule has 0 aliphatic heterocycles. The largest absolute Gasteiger partial charge is 0.507 e. The van der Waals surface area contributed by atoms with E-state index in [0.717, 1.165) is 16.3 Å². The van der Waals surface area contributed by atoms with Crippen molar-refractivity contribution in [3.63, 3.8) is 0 Å². The Morgan fingerprint density at radius 1 is 1.03 bits per heavy atom. The number of amides is 1. The van der Waals surface area contributed by atoms with Gasteiger partial charge in [-0.25, -0.2) is 4.98 Å². The summed E-state index contributed by atoms with van der Waals surface area (Å²) in [6.07, 6.45) is 0. The van der Waals surface area contributed by atoms with E-state index in [1.54, 1.807) is 43.5 Å². The number of methoxy groups -OCH3 is 1. The van der Waals surface area contributed by atoms with Crippen molar-refractivity contribution in [1.29, 1.82) is 0 Å². The third-order valence-corrected chi connectivity index (χ3v) is 5.79. The summed E-state index contributed by atoms with van der Waals surface area (Å²) in [6, 6.07) is 21.8. The van der Waals surface area contributed by atoms with Gasteiger partial charge in [-0.15, -0.1) is 0 Å². The Morgan fingerprint density at radius 3 is 2.56 bits per heavy atom. The van der Waals surface area contributed by atoms with E-state index in [2.05, 4.69) is 26.2 Å². The number of rotatable bonds is 4. The quantitative estimate of drug-likeness (QED) is 0.306. The number of hydrogen-bond acceptors (Lipinski definition) is 5. The van der Waals surface area contributed by atoms with Crippen molar-refractivity contribution in [2.75, 3.05) is 12.4 Å². The molecule has 5 rings (SSSR count). The van der Waals surface area contributed by atoms with Gasteiger partial charge in [0.05, 0.1) is 17.1 Å². The van der Waals surface area contributed by atoms with Crippen LogP contribution in [-0.4, -0.2) is 23.1 Å². The molecule has 1 aromatic heterocycles. The highest BCUT2D eigenvalue weighted by Crippen LogP contribution is 2.32. The van der Waals surface area contributed by atoms with E-state index in [1.807, 2.05) is 36.4 Å². The van der Waals surface area contributed by atoms with Crippen LogP contribution in [0.2, 0.25) is 0 Å². The van der Waals surface area contributed by atoms with Gasteiger partial charge in [0.1, 0.15) is 17.0 Å². The predicted molar refractivity (Wildman–Crippen MR) is 127 cm³/mol. The van der Waals surface area contributed by atoms with Gasteiger partial charge in [-0.3, -0.25) is 4.79 Å². The number of oxazole rings is 1. The Labute approximate surface area is 191 Å². The number of nitrogens with one attached hydrogen (secondary N) is 1. The molecule has 5 aromatic rings. The normalized spacial score (nSPS) is 11.1. The smallest absolute Gasteiger partial charge is 0.259 e. The number of aromatic hydroxyl groups is 1. The Balaban J connectivity index is 1.46. The van der Waals surface area contributed by atoms with Crippen LogP contribution in [0, 0.1) is 0 Å². The fourth-order valence-corrected chi connectivity index (χ4v) is 3.91. The molecular formula is C25H17BrN2O4. The number of nitrogens with zero attached hydrogens (tertiary/aromatic N) is 1. The molecule has 0 atom stereocenters. The molecule has 1 heterocycles. The van der Waals surface area contributed by atoms with E-state index in [-0.39, 0.29) is 11.7 Å². The van der Waals surface area contributed by atoms with Crippen molar-refractivity contribution in [1.82, 2.24) is 4.98 Å². The predicted octanol–water partition coefficient (Wildman–Crippen LogP) is 6.38. The van der Waals surface area contributed by atoms with Gasteiger partial charge in [-0.05, 0) is 75.2 Å². The molecule has 32 heavy (non-hydrogen) atoms. The van der Waals surface area contributed by atoms with E-state index < -0.39 is 0 Å². The zero-order valence-corrected chi connectivity index (χ0v) is 18.5. The lowest BCUT2D eigenvalue weighted by atomic mass is 10.1. The molecule has 0 fully saturated rings. The third kappa shape index (κ3) is 3.67. The first-order valence-corrected chi connectivity index (χ1v) is 10.6. The molecule has 0 saturated carbocycles. The maximum absolute atomic E-state index is 13.0. The zero-order chi connectivity index (χ0) is 22.2. The highest BCUT2D eigenvalue weighted by atomic mass is 79.9. The van der Waals surface area contributed by atoms with Crippen molar-refractivity contribution < 1.29 is 19.1 Å². The SMILES string of the molecule is COc1cc2ccccc2cc1C(=O)Nc1ccc2oc(-c3ccc(O)c(Br)c3)nc2c1. The number of benzene rings is 4. The first kappa shape index (κ1) is 20.1. The number of phenols is 1. The molecule has 0 aliphatic carbocycles. The first-order chi connectivity index (χ1) is 15.5. The van der Waals surface area contributed by atoms with E-state index in [0.29, 0.717) is 38.5 Å². The molecule has 2 N–H and O–H groups in total. The molecule has 0 bridgehead atoms. The number of hydrogen-bond donors (Lipinski definition) is 2. The Bertz CT molecular complexity index is 1490. The monoisotopic (exact) mass is 488 g/mol. The van der Waals surface area contributed by atoms with Crippen molar-refractivity contribution in [3.05, 3.63) is 82.8 Å². The van der Waals surface area contributed by atoms with Gasteiger partial charge >= 0.3 is 0 Å². The topological polar surface area (TPSA) is 84.6 Å². The molecule has 0 radical (unpaired) electrons. The second-order valence-electron chi connectivity index (χ2n) is 7.22. The second-order valence-corrected chi connectivity index (χ2v) is 8.08. The summed E-state index contributed by atoms with van der Waals surface area (Å²) in [5.41, 5.74) is 2.95. The standard InChI is InChI=1S/C25H17BrN2O4/c1-31-23-12-15-5-3-2-4-14(15)10-18(23)24(30)27-17-7-9-22-20(13-17)28-25(32-22)16-6-8-21(29)19(26)11-16/h2-13,29H,1H3,(H,27,30). The van der Waals surface area contributed by atoms with Crippen LogP contribution in [0.4, 0.5) is 5.69 Å². The molecule has 1 amide bonds. The first-order valence-electron chi connectivity index (χ1n) is 9.79. The molecule has 0 spiro atoms. The van der Waals surface area contributed by atoms with Crippen LogP contribution in [0.25, 0.3) is 33.3 Å². The van der Waals surface area contributed by atoms with E-state index >= 15 is 0 Å². The van der Waals surface area contributed by atoms with Crippen LogP contribution in [0.15, 0.2) is 81.7 Å². The van der Waals surface area contributed by atoms with E-state index in [9.17, 15) is 9.90 Å². The third-order valence-electron chi connectivity index (χ3n) is 5.15. The lowest BCUT2D eigenvalue weighted by Crippen LogP contribution is -2.13. The molecule has 6 nitrogen and oxygen atoms in total. The van der Waals surface area contributed by atoms with Crippen LogP contribution in [0.5, 0.6) is 11.5 Å². The van der Waals surface area contributed by atoms with Crippen LogP contribution < -0.4 is 10.1 Å². The zero-order valence-electron chi connectivity index (χ0n) is 16.9. The number of carbonyl (C=O) groups excluding carboxylic acids is 1. The summed E-state index contributed by atoms with van der Waals surface area (Å²) in [5.74, 6) is 0.779. The summed E-state index contributed by atoms with van der Waals surface area (Å²) in [7, 11) is 1.55. The van der Waals surface area contributed by atoms with Crippen molar-refractivity contribution >= 4 is 49.4 Å². The fourth-order valence-electron chi connectivity index (χ4n) is 3.53. The number of anilines is 1. The van der Waals surface area contributed by atoms with Gasteiger partial charge in [0.15, 0.2) is 5.58 Å². The average molecular weight is 489 g/mol. The molecule has 7 heteroatoms. The minimum atomic E-state index is -0.280. The van der Waals surface area contributed by atoms with Gasteiger partial charge in [-0.2, -0.15) is 0 Å². The summed E-state index contributed by atoms with van der Waals surface area (Å²) in [6.45, 7) is 0. The van der Waals surface area contributed by atoms with Gasteiger partial charge in [0, 0.05) is 11.3 Å². The Morgan fingerprint density at radius 2 is 1.81 bits per heavy atom. The van der Waals surface area contributed by atoms with Crippen LogP contribution in [0.3, 0.4) is 0 Å². The summed E-state index contributed by atoms with van der Waals surface area (Å²) >= 11 is 3.30.